The van der Waals surface area contributed by atoms with Crippen LogP contribution in [-0.2, 0) is 16.1 Å². The van der Waals surface area contributed by atoms with Gasteiger partial charge in [-0.25, -0.2) is 14.8 Å². The van der Waals surface area contributed by atoms with Gasteiger partial charge in [0.2, 0.25) is 5.95 Å². The molecule has 31 heavy (non-hydrogen) atoms. The normalized spacial score (nSPS) is 13.8. The summed E-state index contributed by atoms with van der Waals surface area (Å²) in [7, 11) is 0. The molecule has 0 unspecified atom stereocenters. The predicted octanol–water partition coefficient (Wildman–Crippen LogP) is 4.26. The van der Waals surface area contributed by atoms with Crippen molar-refractivity contribution in [1.29, 1.82) is 0 Å². The van der Waals surface area contributed by atoms with Crippen molar-refractivity contribution in [3.8, 4) is 11.1 Å². The van der Waals surface area contributed by atoms with E-state index in [4.69, 9.17) is 9.47 Å². The quantitative estimate of drug-likeness (QED) is 0.578. The summed E-state index contributed by atoms with van der Waals surface area (Å²) in [5.41, 5.74) is 6.19. The van der Waals surface area contributed by atoms with Crippen LogP contribution < -0.4 is 4.90 Å². The molecule has 160 valence electrons. The maximum atomic E-state index is 13.2. The van der Waals surface area contributed by atoms with E-state index < -0.39 is 5.97 Å². The lowest BCUT2D eigenvalue weighted by molar-refractivity contribution is 0.0466. The summed E-state index contributed by atoms with van der Waals surface area (Å²) < 4.78 is 11.1. The molecule has 0 radical (unpaired) electrons. The molecule has 0 saturated carbocycles. The van der Waals surface area contributed by atoms with Gasteiger partial charge < -0.3 is 14.4 Å². The minimum atomic E-state index is -0.450. The molecule has 0 bridgehead atoms. The van der Waals surface area contributed by atoms with Gasteiger partial charge in [0.05, 0.1) is 13.2 Å². The average molecular weight is 418 g/mol. The zero-order chi connectivity index (χ0) is 21.8. The molecule has 4 rings (SSSR count). The monoisotopic (exact) mass is 417 g/mol. The molecule has 2 aromatic carbocycles. The fraction of sp³-hybridized carbons (Fsp3) is 0.320. The molecule has 1 aliphatic heterocycles. The van der Waals surface area contributed by atoms with Crippen molar-refractivity contribution >= 4 is 11.9 Å². The third-order valence-electron chi connectivity index (χ3n) is 5.35. The van der Waals surface area contributed by atoms with Crippen LogP contribution in [0.3, 0.4) is 0 Å². The molecule has 0 atom stereocenters. The van der Waals surface area contributed by atoms with Gasteiger partial charge in [0.25, 0.3) is 0 Å². The predicted molar refractivity (Wildman–Crippen MR) is 120 cm³/mol. The Kier molecular flexibility index (Phi) is 6.28. The number of hydrogen-bond acceptors (Lipinski definition) is 6. The zero-order valence-electron chi connectivity index (χ0n) is 18.2. The van der Waals surface area contributed by atoms with Crippen LogP contribution in [0.2, 0.25) is 0 Å². The average Bonchev–Trinajstić information content (AvgIpc) is 2.77. The summed E-state index contributed by atoms with van der Waals surface area (Å²) in [5, 5.41) is 0. The summed E-state index contributed by atoms with van der Waals surface area (Å²) in [4.78, 5) is 24.4. The Morgan fingerprint density at radius 1 is 1.03 bits per heavy atom. The minimum Gasteiger partial charge on any atom is -0.456 e. The largest absolute Gasteiger partial charge is 0.456 e. The van der Waals surface area contributed by atoms with Crippen LogP contribution in [0.15, 0.2) is 48.7 Å². The van der Waals surface area contributed by atoms with E-state index in [2.05, 4.69) is 16.0 Å². The van der Waals surface area contributed by atoms with Gasteiger partial charge in [-0.2, -0.15) is 0 Å². The first kappa shape index (κ1) is 21.0. The number of ether oxygens (including phenoxy) is 2. The summed E-state index contributed by atoms with van der Waals surface area (Å²) in [6, 6.07) is 14.1. The van der Waals surface area contributed by atoms with Crippen molar-refractivity contribution in [3.05, 3.63) is 76.6 Å². The summed E-state index contributed by atoms with van der Waals surface area (Å²) in [6.07, 6.45) is 1.73. The smallest absolute Gasteiger partial charge is 0.358 e. The highest BCUT2D eigenvalue weighted by molar-refractivity contribution is 5.95. The Morgan fingerprint density at radius 2 is 1.74 bits per heavy atom. The van der Waals surface area contributed by atoms with Crippen molar-refractivity contribution in [3.63, 3.8) is 0 Å². The van der Waals surface area contributed by atoms with E-state index in [1.807, 2.05) is 62.1 Å². The molecular weight excluding hydrogens is 390 g/mol. The van der Waals surface area contributed by atoms with Gasteiger partial charge in [0, 0.05) is 24.8 Å². The van der Waals surface area contributed by atoms with Gasteiger partial charge in [-0.3, -0.25) is 0 Å². The van der Waals surface area contributed by atoms with E-state index in [0.717, 1.165) is 27.8 Å². The lowest BCUT2D eigenvalue weighted by atomic mass is 10.0. The number of carbonyl (C=O) groups excluding carboxylic acids is 1. The molecule has 0 spiro atoms. The highest BCUT2D eigenvalue weighted by Crippen LogP contribution is 2.27. The molecule has 6 heteroatoms. The van der Waals surface area contributed by atoms with Gasteiger partial charge in [0.15, 0.2) is 5.69 Å². The molecule has 3 aromatic rings. The van der Waals surface area contributed by atoms with Crippen LogP contribution >= 0.6 is 0 Å². The summed E-state index contributed by atoms with van der Waals surface area (Å²) in [5.74, 6) is 0.0771. The number of rotatable bonds is 5. The van der Waals surface area contributed by atoms with Crippen LogP contribution in [0.1, 0.15) is 32.7 Å². The molecule has 0 aliphatic carbocycles. The number of anilines is 1. The lowest BCUT2D eigenvalue weighted by Crippen LogP contribution is -2.37. The molecule has 0 amide bonds. The topological polar surface area (TPSA) is 64.5 Å². The Bertz CT molecular complexity index is 1070. The maximum absolute atomic E-state index is 13.2. The van der Waals surface area contributed by atoms with Crippen molar-refractivity contribution in [2.45, 2.75) is 27.4 Å². The van der Waals surface area contributed by atoms with Crippen molar-refractivity contribution in [1.82, 2.24) is 9.97 Å². The van der Waals surface area contributed by atoms with Gasteiger partial charge in [0.1, 0.15) is 6.61 Å². The highest BCUT2D eigenvalue weighted by Gasteiger charge is 2.22. The zero-order valence-corrected chi connectivity index (χ0v) is 18.2. The molecule has 1 aliphatic rings. The SMILES string of the molecule is Cc1cc(C)cc(COC(=O)c2nc(N3CCOCC3)ncc2-c2ccccc2C)c1. The Balaban J connectivity index is 1.66. The second-order valence-electron chi connectivity index (χ2n) is 7.92. The Morgan fingerprint density at radius 3 is 2.45 bits per heavy atom. The van der Waals surface area contributed by atoms with Gasteiger partial charge in [-0.05, 0) is 37.5 Å². The first-order chi connectivity index (χ1) is 15.0. The van der Waals surface area contributed by atoms with E-state index in [9.17, 15) is 4.79 Å². The van der Waals surface area contributed by atoms with Crippen LogP contribution in [-0.4, -0.2) is 42.2 Å². The lowest BCUT2D eigenvalue weighted by Gasteiger charge is -2.27. The fourth-order valence-corrected chi connectivity index (χ4v) is 3.89. The van der Waals surface area contributed by atoms with Crippen LogP contribution in [0, 0.1) is 20.8 Å². The van der Waals surface area contributed by atoms with Crippen LogP contribution in [0.25, 0.3) is 11.1 Å². The van der Waals surface area contributed by atoms with Crippen LogP contribution in [0.4, 0.5) is 5.95 Å². The third-order valence-corrected chi connectivity index (χ3v) is 5.35. The second-order valence-corrected chi connectivity index (χ2v) is 7.92. The van der Waals surface area contributed by atoms with Crippen molar-refractivity contribution < 1.29 is 14.3 Å². The first-order valence-electron chi connectivity index (χ1n) is 10.5. The summed E-state index contributed by atoms with van der Waals surface area (Å²) >= 11 is 0. The van der Waals surface area contributed by atoms with E-state index >= 15 is 0 Å². The molecule has 1 saturated heterocycles. The molecule has 1 aromatic heterocycles. The second kappa shape index (κ2) is 9.27. The summed E-state index contributed by atoms with van der Waals surface area (Å²) in [6.45, 7) is 8.91. The number of carbonyl (C=O) groups is 1. The molecule has 6 nitrogen and oxygen atoms in total. The molecule has 2 heterocycles. The van der Waals surface area contributed by atoms with Gasteiger partial charge >= 0.3 is 5.97 Å². The number of aromatic nitrogens is 2. The number of hydrogen-bond donors (Lipinski definition) is 0. The number of morpholine rings is 1. The van der Waals surface area contributed by atoms with Crippen LogP contribution in [0.5, 0.6) is 0 Å². The van der Waals surface area contributed by atoms with E-state index in [1.54, 1.807) is 6.20 Å². The molecular formula is C25H27N3O3. The third kappa shape index (κ3) is 4.91. The maximum Gasteiger partial charge on any atom is 0.358 e. The fourth-order valence-electron chi connectivity index (χ4n) is 3.89. The van der Waals surface area contributed by atoms with Gasteiger partial charge in [-0.1, -0.05) is 53.6 Å². The number of nitrogens with zero attached hydrogens (tertiary/aromatic N) is 3. The van der Waals surface area contributed by atoms with E-state index in [-0.39, 0.29) is 12.3 Å². The van der Waals surface area contributed by atoms with Crippen molar-refractivity contribution in [2.24, 2.45) is 0 Å². The number of aryl methyl sites for hydroxylation is 3. The number of esters is 1. The number of benzene rings is 2. The Labute approximate surface area is 182 Å². The minimum absolute atomic E-state index is 0.200. The molecule has 0 N–H and O–H groups in total. The van der Waals surface area contributed by atoms with Crippen molar-refractivity contribution in [2.75, 3.05) is 31.2 Å². The first-order valence-corrected chi connectivity index (χ1v) is 10.5. The Hall–Kier alpha value is -3.25. The van der Waals surface area contributed by atoms with E-state index in [1.165, 1.54) is 0 Å². The standard InChI is InChI=1S/C25H27N3O3/c1-17-12-18(2)14-20(13-17)16-31-24(29)23-22(21-7-5-4-6-19(21)3)15-26-25(27-23)28-8-10-30-11-9-28/h4-7,12-15H,8-11,16H2,1-3H3. The highest BCUT2D eigenvalue weighted by atomic mass is 16.5. The molecule has 1 fully saturated rings. The van der Waals surface area contributed by atoms with Gasteiger partial charge in [-0.15, -0.1) is 0 Å². The van der Waals surface area contributed by atoms with E-state index in [0.29, 0.717) is 37.8 Å².